The molecule has 0 spiro atoms. The number of halogens is 3. The zero-order valence-electron chi connectivity index (χ0n) is 7.40. The lowest BCUT2D eigenvalue weighted by molar-refractivity contribution is 0.103. The molecule has 74 valence electrons. The summed E-state index contributed by atoms with van der Waals surface area (Å²) in [6.45, 7) is 4.66. The Morgan fingerprint density at radius 2 is 1.79 bits per heavy atom. The average Bonchev–Trinajstić information content (AvgIpc) is 2.13. The maximum atomic E-state index is 13.0. The molecule has 0 fully saturated rings. The van der Waals surface area contributed by atoms with Gasteiger partial charge in [-0.25, -0.2) is 13.2 Å². The molecule has 0 aliphatic rings. The van der Waals surface area contributed by atoms with E-state index in [4.69, 9.17) is 0 Å². The van der Waals surface area contributed by atoms with E-state index in [0.717, 1.165) is 6.07 Å². The third-order valence-electron chi connectivity index (χ3n) is 1.67. The second-order valence-electron chi connectivity index (χ2n) is 2.83. The van der Waals surface area contributed by atoms with Gasteiger partial charge in [0.1, 0.15) is 0 Å². The van der Waals surface area contributed by atoms with Gasteiger partial charge in [-0.3, -0.25) is 4.79 Å². The minimum absolute atomic E-state index is 0.0647. The summed E-state index contributed by atoms with van der Waals surface area (Å²) in [6, 6.07) is 1.60. The van der Waals surface area contributed by atoms with Crippen molar-refractivity contribution >= 4 is 5.78 Å². The molecule has 0 aliphatic heterocycles. The van der Waals surface area contributed by atoms with Crippen LogP contribution in [0.25, 0.3) is 0 Å². The Bertz CT molecular complexity index is 410. The van der Waals surface area contributed by atoms with Crippen LogP contribution in [-0.2, 0) is 0 Å². The molecule has 1 nitrogen and oxygen atoms in total. The first-order valence-electron chi connectivity index (χ1n) is 3.79. The van der Waals surface area contributed by atoms with Gasteiger partial charge in [0.2, 0.25) is 0 Å². The Morgan fingerprint density at radius 1 is 1.21 bits per heavy atom. The van der Waals surface area contributed by atoms with E-state index in [0.29, 0.717) is 6.07 Å². The maximum Gasteiger partial charge on any atom is 0.195 e. The van der Waals surface area contributed by atoms with Crippen molar-refractivity contribution in [1.29, 1.82) is 0 Å². The molecule has 14 heavy (non-hydrogen) atoms. The highest BCUT2D eigenvalue weighted by molar-refractivity contribution is 6.08. The van der Waals surface area contributed by atoms with Crippen LogP contribution in [-0.4, -0.2) is 5.78 Å². The van der Waals surface area contributed by atoms with E-state index in [1.165, 1.54) is 6.92 Å². The monoisotopic (exact) mass is 200 g/mol. The fourth-order valence-electron chi connectivity index (χ4n) is 0.931. The Balaban J connectivity index is 3.31. The molecule has 0 saturated carbocycles. The number of carbonyl (C=O) groups is 1. The van der Waals surface area contributed by atoms with E-state index in [9.17, 15) is 18.0 Å². The largest absolute Gasteiger partial charge is 0.289 e. The SMILES string of the molecule is C=C(C)C(=O)c1ccc(F)c(F)c1F. The number of carbonyl (C=O) groups excluding carboxylic acids is 1. The standard InChI is InChI=1S/C10H7F3O/c1-5(2)10(14)6-3-4-7(11)9(13)8(6)12/h3-4H,1H2,2H3. The third kappa shape index (κ3) is 1.69. The summed E-state index contributed by atoms with van der Waals surface area (Å²) in [4.78, 5) is 11.2. The van der Waals surface area contributed by atoms with Crippen LogP contribution in [0.1, 0.15) is 17.3 Å². The fourth-order valence-corrected chi connectivity index (χ4v) is 0.931. The molecule has 0 aliphatic carbocycles. The van der Waals surface area contributed by atoms with Crippen LogP contribution in [0, 0.1) is 17.5 Å². The van der Waals surface area contributed by atoms with Crippen molar-refractivity contribution in [3.05, 3.63) is 47.3 Å². The van der Waals surface area contributed by atoms with Crippen LogP contribution in [0.2, 0.25) is 0 Å². The van der Waals surface area contributed by atoms with Gasteiger partial charge < -0.3 is 0 Å². The van der Waals surface area contributed by atoms with E-state index in [1.807, 2.05) is 0 Å². The molecule has 1 rings (SSSR count). The first-order valence-corrected chi connectivity index (χ1v) is 3.79. The van der Waals surface area contributed by atoms with E-state index in [2.05, 4.69) is 6.58 Å². The normalized spacial score (nSPS) is 10.0. The van der Waals surface area contributed by atoms with Crippen molar-refractivity contribution in [2.45, 2.75) is 6.92 Å². The van der Waals surface area contributed by atoms with Crippen molar-refractivity contribution in [2.75, 3.05) is 0 Å². The van der Waals surface area contributed by atoms with E-state index < -0.39 is 28.8 Å². The van der Waals surface area contributed by atoms with Crippen LogP contribution in [0.4, 0.5) is 13.2 Å². The second kappa shape index (κ2) is 3.65. The topological polar surface area (TPSA) is 17.1 Å². The van der Waals surface area contributed by atoms with Gasteiger partial charge in [0.15, 0.2) is 23.2 Å². The van der Waals surface area contributed by atoms with Gasteiger partial charge in [0.25, 0.3) is 0 Å². The van der Waals surface area contributed by atoms with Crippen LogP contribution in [0.3, 0.4) is 0 Å². The number of hydrogen-bond acceptors (Lipinski definition) is 1. The van der Waals surface area contributed by atoms with Crippen LogP contribution >= 0.6 is 0 Å². The van der Waals surface area contributed by atoms with E-state index in [-0.39, 0.29) is 5.57 Å². The first kappa shape index (κ1) is 10.5. The molecule has 0 bridgehead atoms. The summed E-state index contributed by atoms with van der Waals surface area (Å²) in [5, 5.41) is 0. The number of hydrogen-bond donors (Lipinski definition) is 0. The number of benzene rings is 1. The Hall–Kier alpha value is -1.58. The molecule has 4 heteroatoms. The molecule has 0 atom stereocenters. The molecule has 0 aromatic heterocycles. The summed E-state index contributed by atoms with van der Waals surface area (Å²) >= 11 is 0. The van der Waals surface area contributed by atoms with Gasteiger partial charge >= 0.3 is 0 Å². The summed E-state index contributed by atoms with van der Waals surface area (Å²) in [5.41, 5.74) is -0.439. The van der Waals surface area contributed by atoms with Gasteiger partial charge in [-0.2, -0.15) is 0 Å². The number of Topliss-reactive ketones (excluding diaryl/α,β-unsaturated/α-hetero) is 1. The van der Waals surface area contributed by atoms with Crippen LogP contribution in [0.5, 0.6) is 0 Å². The number of allylic oxidation sites excluding steroid dienone is 1. The van der Waals surface area contributed by atoms with Gasteiger partial charge in [-0.1, -0.05) is 6.58 Å². The summed E-state index contributed by atoms with van der Waals surface area (Å²) in [5.74, 6) is -5.17. The van der Waals surface area contributed by atoms with Gasteiger partial charge in [0, 0.05) is 0 Å². The van der Waals surface area contributed by atoms with E-state index in [1.54, 1.807) is 0 Å². The van der Waals surface area contributed by atoms with Crippen LogP contribution in [0.15, 0.2) is 24.3 Å². The smallest absolute Gasteiger partial charge is 0.195 e. The maximum absolute atomic E-state index is 13.0. The lowest BCUT2D eigenvalue weighted by Crippen LogP contribution is -2.06. The minimum atomic E-state index is -1.64. The lowest BCUT2D eigenvalue weighted by Gasteiger charge is -2.02. The number of rotatable bonds is 2. The van der Waals surface area contributed by atoms with Gasteiger partial charge in [-0.05, 0) is 24.6 Å². The average molecular weight is 200 g/mol. The zero-order valence-corrected chi connectivity index (χ0v) is 7.40. The number of ketones is 1. The molecular formula is C10H7F3O. The third-order valence-corrected chi connectivity index (χ3v) is 1.67. The predicted octanol–water partition coefficient (Wildman–Crippen LogP) is 2.86. The molecule has 1 aromatic carbocycles. The van der Waals surface area contributed by atoms with E-state index >= 15 is 0 Å². The van der Waals surface area contributed by atoms with Crippen molar-refractivity contribution in [1.82, 2.24) is 0 Å². The molecule has 1 aromatic rings. The Morgan fingerprint density at radius 3 is 2.29 bits per heavy atom. The predicted molar refractivity (Wildman–Crippen MR) is 45.5 cm³/mol. The summed E-state index contributed by atoms with van der Waals surface area (Å²) in [7, 11) is 0. The molecule has 0 heterocycles. The van der Waals surface area contributed by atoms with Crippen molar-refractivity contribution in [3.63, 3.8) is 0 Å². The molecule has 0 saturated heterocycles. The Labute approximate surface area is 78.9 Å². The minimum Gasteiger partial charge on any atom is -0.289 e. The molecule has 0 amide bonds. The second-order valence-corrected chi connectivity index (χ2v) is 2.83. The fraction of sp³-hybridized carbons (Fsp3) is 0.100. The quantitative estimate of drug-likeness (QED) is 0.407. The highest BCUT2D eigenvalue weighted by atomic mass is 19.2. The van der Waals surface area contributed by atoms with Crippen molar-refractivity contribution < 1.29 is 18.0 Å². The first-order chi connectivity index (χ1) is 6.45. The molecule has 0 unspecified atom stereocenters. The lowest BCUT2D eigenvalue weighted by atomic mass is 10.1. The van der Waals surface area contributed by atoms with Crippen LogP contribution < -0.4 is 0 Å². The molecule has 0 radical (unpaired) electrons. The zero-order chi connectivity index (χ0) is 10.9. The molecule has 0 N–H and O–H groups in total. The van der Waals surface area contributed by atoms with Crippen molar-refractivity contribution in [3.8, 4) is 0 Å². The van der Waals surface area contributed by atoms with Crippen molar-refractivity contribution in [2.24, 2.45) is 0 Å². The molecular weight excluding hydrogens is 193 g/mol. The van der Waals surface area contributed by atoms with Gasteiger partial charge in [-0.15, -0.1) is 0 Å². The Kier molecular flexibility index (Phi) is 2.74. The summed E-state index contributed by atoms with van der Waals surface area (Å²) < 4.78 is 38.2. The summed E-state index contributed by atoms with van der Waals surface area (Å²) in [6.07, 6.45) is 0. The van der Waals surface area contributed by atoms with Gasteiger partial charge in [0.05, 0.1) is 5.56 Å². The highest BCUT2D eigenvalue weighted by Gasteiger charge is 2.18. The highest BCUT2D eigenvalue weighted by Crippen LogP contribution is 2.17.